The van der Waals surface area contributed by atoms with Gasteiger partial charge in [-0.1, -0.05) is 12.8 Å². The van der Waals surface area contributed by atoms with Gasteiger partial charge in [0.15, 0.2) is 0 Å². The molecule has 0 radical (unpaired) electrons. The average Bonchev–Trinajstić information content (AvgIpc) is 3.01. The molecule has 0 aromatic rings. The molecule has 116 valence electrons. The quantitative estimate of drug-likeness (QED) is 0.763. The van der Waals surface area contributed by atoms with Crippen LogP contribution in [0.25, 0.3) is 0 Å². The van der Waals surface area contributed by atoms with E-state index in [1.54, 1.807) is 4.31 Å². The van der Waals surface area contributed by atoms with Crippen molar-refractivity contribution in [3.05, 3.63) is 0 Å². The SMILES string of the molecule is CS(=O)(=O)N1C[C@@H]2COC[C@]2(COCC2CCCC2)C1. The standard InChI is InChI=1S/C14H25NO4S/c1-20(16,17)15-6-13-8-19-11-14(13,9-15)10-18-7-12-4-2-3-5-12/h12-13H,2-11H2,1H3/t13-,14-/m1/s1. The van der Waals surface area contributed by atoms with Crippen LogP contribution >= 0.6 is 0 Å². The molecule has 2 aliphatic heterocycles. The maximum Gasteiger partial charge on any atom is 0.211 e. The average molecular weight is 303 g/mol. The van der Waals surface area contributed by atoms with Crippen molar-refractivity contribution in [2.75, 3.05) is 45.8 Å². The Morgan fingerprint density at radius 2 is 2.10 bits per heavy atom. The molecule has 0 spiro atoms. The molecular weight excluding hydrogens is 278 g/mol. The van der Waals surface area contributed by atoms with Crippen LogP contribution in [-0.4, -0.2) is 58.5 Å². The molecule has 2 heterocycles. The van der Waals surface area contributed by atoms with Gasteiger partial charge in [0.25, 0.3) is 0 Å². The van der Waals surface area contributed by atoms with Gasteiger partial charge >= 0.3 is 0 Å². The van der Waals surface area contributed by atoms with Crippen molar-refractivity contribution in [1.29, 1.82) is 0 Å². The topological polar surface area (TPSA) is 55.8 Å². The van der Waals surface area contributed by atoms with E-state index in [0.717, 1.165) is 6.61 Å². The Morgan fingerprint density at radius 3 is 2.80 bits per heavy atom. The van der Waals surface area contributed by atoms with E-state index in [9.17, 15) is 8.42 Å². The minimum atomic E-state index is -3.10. The summed E-state index contributed by atoms with van der Waals surface area (Å²) >= 11 is 0. The number of hydrogen-bond donors (Lipinski definition) is 0. The van der Waals surface area contributed by atoms with Gasteiger partial charge in [0.05, 0.1) is 26.1 Å². The van der Waals surface area contributed by atoms with Crippen LogP contribution in [0.4, 0.5) is 0 Å². The lowest BCUT2D eigenvalue weighted by molar-refractivity contribution is 0.0160. The van der Waals surface area contributed by atoms with Crippen LogP contribution < -0.4 is 0 Å². The smallest absolute Gasteiger partial charge is 0.211 e. The predicted molar refractivity (Wildman–Crippen MR) is 75.9 cm³/mol. The third-order valence-electron chi connectivity index (χ3n) is 5.18. The monoisotopic (exact) mass is 303 g/mol. The second-order valence-corrected chi connectivity index (χ2v) is 8.78. The Hall–Kier alpha value is -0.170. The summed E-state index contributed by atoms with van der Waals surface area (Å²) in [4.78, 5) is 0. The van der Waals surface area contributed by atoms with Crippen molar-refractivity contribution in [3.8, 4) is 0 Å². The maximum atomic E-state index is 11.7. The van der Waals surface area contributed by atoms with Gasteiger partial charge in [-0.05, 0) is 18.8 Å². The van der Waals surface area contributed by atoms with Crippen LogP contribution in [0.2, 0.25) is 0 Å². The maximum absolute atomic E-state index is 11.7. The van der Waals surface area contributed by atoms with Gasteiger partial charge in [-0.25, -0.2) is 12.7 Å². The van der Waals surface area contributed by atoms with Gasteiger partial charge in [-0.2, -0.15) is 0 Å². The molecule has 0 aromatic heterocycles. The van der Waals surface area contributed by atoms with Crippen LogP contribution in [0.15, 0.2) is 0 Å². The zero-order valence-electron chi connectivity index (χ0n) is 12.2. The second-order valence-electron chi connectivity index (χ2n) is 6.80. The summed E-state index contributed by atoms with van der Waals surface area (Å²) < 4.78 is 36.6. The Morgan fingerprint density at radius 1 is 1.35 bits per heavy atom. The highest BCUT2D eigenvalue weighted by atomic mass is 32.2. The molecule has 0 N–H and O–H groups in total. The zero-order valence-corrected chi connectivity index (χ0v) is 13.0. The molecule has 5 nitrogen and oxygen atoms in total. The summed E-state index contributed by atoms with van der Waals surface area (Å²) in [6, 6.07) is 0. The Labute approximate surface area is 121 Å². The molecule has 6 heteroatoms. The van der Waals surface area contributed by atoms with Crippen molar-refractivity contribution in [3.63, 3.8) is 0 Å². The van der Waals surface area contributed by atoms with Gasteiger partial charge < -0.3 is 9.47 Å². The molecule has 3 aliphatic rings. The number of rotatable bonds is 5. The lowest BCUT2D eigenvalue weighted by atomic mass is 9.82. The van der Waals surface area contributed by atoms with Crippen LogP contribution in [0, 0.1) is 17.3 Å². The van der Waals surface area contributed by atoms with Crippen molar-refractivity contribution >= 4 is 10.0 Å². The number of sulfonamides is 1. The first-order valence-electron chi connectivity index (χ1n) is 7.60. The fourth-order valence-electron chi connectivity index (χ4n) is 3.85. The summed E-state index contributed by atoms with van der Waals surface area (Å²) in [6.45, 7) is 3.91. The fourth-order valence-corrected chi connectivity index (χ4v) is 4.79. The van der Waals surface area contributed by atoms with Crippen molar-refractivity contribution in [2.24, 2.45) is 17.3 Å². The van der Waals surface area contributed by atoms with Crippen molar-refractivity contribution < 1.29 is 17.9 Å². The normalized spacial score (nSPS) is 35.8. The molecule has 20 heavy (non-hydrogen) atoms. The Bertz CT molecular complexity index is 446. The van der Waals surface area contributed by atoms with E-state index in [2.05, 4.69) is 0 Å². The first kappa shape index (κ1) is 14.8. The third kappa shape index (κ3) is 2.89. The van der Waals surface area contributed by atoms with Gasteiger partial charge in [0.2, 0.25) is 10.0 Å². The highest BCUT2D eigenvalue weighted by Gasteiger charge is 2.52. The lowest BCUT2D eigenvalue weighted by Gasteiger charge is -2.27. The summed E-state index contributed by atoms with van der Waals surface area (Å²) in [6.07, 6.45) is 6.51. The van der Waals surface area contributed by atoms with E-state index in [-0.39, 0.29) is 5.41 Å². The Kier molecular flexibility index (Phi) is 4.10. The van der Waals surface area contributed by atoms with Crippen molar-refractivity contribution in [1.82, 2.24) is 4.31 Å². The molecule has 3 fully saturated rings. The molecule has 0 amide bonds. The zero-order chi connectivity index (χ0) is 14.2. The van der Waals surface area contributed by atoms with Crippen LogP contribution in [0.1, 0.15) is 25.7 Å². The van der Waals surface area contributed by atoms with Crippen molar-refractivity contribution in [2.45, 2.75) is 25.7 Å². The minimum Gasteiger partial charge on any atom is -0.380 e. The van der Waals surface area contributed by atoms with Gasteiger partial charge in [0, 0.05) is 31.0 Å². The summed E-state index contributed by atoms with van der Waals surface area (Å²) in [7, 11) is -3.10. The fraction of sp³-hybridized carbons (Fsp3) is 1.00. The molecule has 3 rings (SSSR count). The predicted octanol–water partition coefficient (Wildman–Crippen LogP) is 1.10. The van der Waals surface area contributed by atoms with E-state index in [1.807, 2.05) is 0 Å². The van der Waals surface area contributed by atoms with Crippen LogP contribution in [0.5, 0.6) is 0 Å². The number of fused-ring (bicyclic) bond motifs is 1. The summed E-state index contributed by atoms with van der Waals surface area (Å²) in [5, 5.41) is 0. The summed E-state index contributed by atoms with van der Waals surface area (Å²) in [5.74, 6) is 1.00. The molecular formula is C14H25NO4S. The third-order valence-corrected chi connectivity index (χ3v) is 6.39. The molecule has 2 atom stereocenters. The first-order chi connectivity index (χ1) is 9.50. The van der Waals surface area contributed by atoms with E-state index >= 15 is 0 Å². The molecule has 1 aliphatic carbocycles. The van der Waals surface area contributed by atoms with Crippen LogP contribution in [0.3, 0.4) is 0 Å². The van der Waals surface area contributed by atoms with Gasteiger partial charge in [-0.3, -0.25) is 0 Å². The van der Waals surface area contributed by atoms with E-state index in [4.69, 9.17) is 9.47 Å². The van der Waals surface area contributed by atoms with Gasteiger partial charge in [-0.15, -0.1) is 0 Å². The lowest BCUT2D eigenvalue weighted by Crippen LogP contribution is -2.37. The molecule has 0 bridgehead atoms. The first-order valence-corrected chi connectivity index (χ1v) is 9.45. The Balaban J connectivity index is 1.58. The number of nitrogens with zero attached hydrogens (tertiary/aromatic N) is 1. The summed E-state index contributed by atoms with van der Waals surface area (Å²) in [5.41, 5.74) is -0.109. The molecule has 2 saturated heterocycles. The van der Waals surface area contributed by atoms with E-state index < -0.39 is 10.0 Å². The molecule has 0 aromatic carbocycles. The van der Waals surface area contributed by atoms with E-state index in [1.165, 1.54) is 31.9 Å². The highest BCUT2D eigenvalue weighted by Crippen LogP contribution is 2.42. The van der Waals surface area contributed by atoms with E-state index in [0.29, 0.717) is 44.7 Å². The molecule has 1 saturated carbocycles. The minimum absolute atomic E-state index is 0.109. The number of ether oxygens (including phenoxy) is 2. The van der Waals surface area contributed by atoms with Gasteiger partial charge in [0.1, 0.15) is 0 Å². The number of hydrogen-bond acceptors (Lipinski definition) is 4. The second kappa shape index (κ2) is 5.55. The largest absolute Gasteiger partial charge is 0.380 e. The van der Waals surface area contributed by atoms with Crippen LogP contribution in [-0.2, 0) is 19.5 Å². The highest BCUT2D eigenvalue weighted by molar-refractivity contribution is 7.88. The molecule has 0 unspecified atom stereocenters.